The molecule has 0 bridgehead atoms. The second-order valence-corrected chi connectivity index (χ2v) is 4.34. The molecule has 17 heavy (non-hydrogen) atoms. The summed E-state index contributed by atoms with van der Waals surface area (Å²) in [7, 11) is 0. The molecule has 0 saturated carbocycles. The SMILES string of the molecule is CCc1nn(-c2cccc(C)c2)c(Cl)c1CO. The van der Waals surface area contributed by atoms with Gasteiger partial charge in [-0.15, -0.1) is 0 Å². The van der Waals surface area contributed by atoms with E-state index in [4.69, 9.17) is 11.6 Å². The molecule has 1 heterocycles. The summed E-state index contributed by atoms with van der Waals surface area (Å²) in [6, 6.07) is 7.95. The lowest BCUT2D eigenvalue weighted by Gasteiger charge is -2.04. The van der Waals surface area contributed by atoms with Crippen LogP contribution >= 0.6 is 11.6 Å². The number of aliphatic hydroxyl groups is 1. The molecular weight excluding hydrogens is 236 g/mol. The van der Waals surface area contributed by atoms with Gasteiger partial charge in [0.15, 0.2) is 0 Å². The van der Waals surface area contributed by atoms with Gasteiger partial charge in [-0.05, 0) is 31.0 Å². The summed E-state index contributed by atoms with van der Waals surface area (Å²) >= 11 is 6.24. The number of hydrogen-bond acceptors (Lipinski definition) is 2. The van der Waals surface area contributed by atoms with Crippen LogP contribution in [0.5, 0.6) is 0 Å². The molecule has 0 amide bonds. The summed E-state index contributed by atoms with van der Waals surface area (Å²) < 4.78 is 1.68. The average Bonchev–Trinajstić information content (AvgIpc) is 2.65. The van der Waals surface area contributed by atoms with Gasteiger partial charge in [-0.3, -0.25) is 0 Å². The standard InChI is InChI=1S/C13H15ClN2O/c1-3-12-11(8-17)13(14)16(15-12)10-6-4-5-9(2)7-10/h4-7,17H,3,8H2,1-2H3. The summed E-state index contributed by atoms with van der Waals surface area (Å²) in [5, 5.41) is 14.2. The second-order valence-electron chi connectivity index (χ2n) is 3.98. The van der Waals surface area contributed by atoms with Crippen molar-refractivity contribution in [3.8, 4) is 5.69 Å². The Balaban J connectivity index is 2.56. The maximum Gasteiger partial charge on any atom is 0.138 e. The predicted molar refractivity (Wildman–Crippen MR) is 68.6 cm³/mol. The Morgan fingerprint density at radius 3 is 2.71 bits per heavy atom. The number of hydrogen-bond donors (Lipinski definition) is 1. The molecule has 4 heteroatoms. The van der Waals surface area contributed by atoms with Crippen LogP contribution in [0.2, 0.25) is 5.15 Å². The van der Waals surface area contributed by atoms with Crippen molar-refractivity contribution in [1.29, 1.82) is 0 Å². The zero-order chi connectivity index (χ0) is 12.4. The molecule has 3 nitrogen and oxygen atoms in total. The highest BCUT2D eigenvalue weighted by molar-refractivity contribution is 6.30. The number of aromatic nitrogens is 2. The maximum absolute atomic E-state index is 9.31. The number of nitrogens with zero attached hydrogens (tertiary/aromatic N) is 2. The monoisotopic (exact) mass is 250 g/mol. The van der Waals surface area contributed by atoms with E-state index in [0.29, 0.717) is 5.15 Å². The van der Waals surface area contributed by atoms with E-state index in [1.165, 1.54) is 0 Å². The van der Waals surface area contributed by atoms with Gasteiger partial charge in [-0.25, -0.2) is 4.68 Å². The van der Waals surface area contributed by atoms with Crippen molar-refractivity contribution in [2.45, 2.75) is 26.9 Å². The smallest absolute Gasteiger partial charge is 0.138 e. The quantitative estimate of drug-likeness (QED) is 0.910. The first kappa shape index (κ1) is 12.1. The number of aryl methyl sites for hydroxylation is 2. The summed E-state index contributed by atoms with van der Waals surface area (Å²) in [5.74, 6) is 0. The largest absolute Gasteiger partial charge is 0.391 e. The molecule has 0 atom stereocenters. The summed E-state index contributed by atoms with van der Waals surface area (Å²) in [4.78, 5) is 0. The van der Waals surface area contributed by atoms with E-state index >= 15 is 0 Å². The Bertz CT molecular complexity index is 534. The predicted octanol–water partition coefficient (Wildman–Crippen LogP) is 2.89. The van der Waals surface area contributed by atoms with Gasteiger partial charge >= 0.3 is 0 Å². The molecule has 0 spiro atoms. The van der Waals surface area contributed by atoms with Crippen molar-refractivity contribution in [3.63, 3.8) is 0 Å². The summed E-state index contributed by atoms with van der Waals surface area (Å²) in [6.07, 6.45) is 0.758. The molecule has 0 aliphatic carbocycles. The van der Waals surface area contributed by atoms with E-state index in [-0.39, 0.29) is 6.61 Å². The van der Waals surface area contributed by atoms with Gasteiger partial charge in [0, 0.05) is 5.56 Å². The van der Waals surface area contributed by atoms with Crippen LogP contribution in [0, 0.1) is 6.92 Å². The third-order valence-corrected chi connectivity index (χ3v) is 3.13. The van der Waals surface area contributed by atoms with Crippen molar-refractivity contribution < 1.29 is 5.11 Å². The van der Waals surface area contributed by atoms with E-state index in [1.807, 2.05) is 38.1 Å². The third kappa shape index (κ3) is 2.21. The number of rotatable bonds is 3. The highest BCUT2D eigenvalue weighted by Gasteiger charge is 2.15. The van der Waals surface area contributed by atoms with Gasteiger partial charge in [-0.2, -0.15) is 5.10 Å². The maximum atomic E-state index is 9.31. The van der Waals surface area contributed by atoms with Gasteiger partial charge in [0.25, 0.3) is 0 Å². The zero-order valence-corrected chi connectivity index (χ0v) is 10.7. The summed E-state index contributed by atoms with van der Waals surface area (Å²) in [6.45, 7) is 3.95. The molecule has 2 aromatic rings. The lowest BCUT2D eigenvalue weighted by molar-refractivity contribution is 0.281. The topological polar surface area (TPSA) is 38.0 Å². The zero-order valence-electron chi connectivity index (χ0n) is 9.94. The lowest BCUT2D eigenvalue weighted by Crippen LogP contribution is -1.97. The van der Waals surface area contributed by atoms with Gasteiger partial charge in [-0.1, -0.05) is 30.7 Å². The van der Waals surface area contributed by atoms with Gasteiger partial charge in [0.2, 0.25) is 0 Å². The van der Waals surface area contributed by atoms with E-state index in [9.17, 15) is 5.11 Å². The molecule has 90 valence electrons. The molecule has 1 aromatic carbocycles. The highest BCUT2D eigenvalue weighted by Crippen LogP contribution is 2.24. The minimum absolute atomic E-state index is 0.0756. The van der Waals surface area contributed by atoms with Crippen LogP contribution in [-0.4, -0.2) is 14.9 Å². The first-order valence-electron chi connectivity index (χ1n) is 5.61. The van der Waals surface area contributed by atoms with Crippen LogP contribution in [-0.2, 0) is 13.0 Å². The number of aliphatic hydroxyl groups excluding tert-OH is 1. The highest BCUT2D eigenvalue weighted by atomic mass is 35.5. The van der Waals surface area contributed by atoms with Crippen molar-refractivity contribution in [2.24, 2.45) is 0 Å². The molecular formula is C13H15ClN2O. The Kier molecular flexibility index (Phi) is 3.50. The van der Waals surface area contributed by atoms with Crippen LogP contribution < -0.4 is 0 Å². The minimum Gasteiger partial charge on any atom is -0.391 e. The van der Waals surface area contributed by atoms with Crippen LogP contribution in [0.15, 0.2) is 24.3 Å². The number of halogens is 1. The van der Waals surface area contributed by atoms with Gasteiger partial charge < -0.3 is 5.11 Å². The lowest BCUT2D eigenvalue weighted by atomic mass is 10.2. The third-order valence-electron chi connectivity index (χ3n) is 2.74. The fraction of sp³-hybridized carbons (Fsp3) is 0.308. The van der Waals surface area contributed by atoms with Crippen molar-refractivity contribution in [3.05, 3.63) is 46.2 Å². The van der Waals surface area contributed by atoms with Crippen LogP contribution in [0.4, 0.5) is 0 Å². The molecule has 0 fully saturated rings. The van der Waals surface area contributed by atoms with E-state index in [0.717, 1.165) is 28.9 Å². The fourth-order valence-electron chi connectivity index (χ4n) is 1.84. The van der Waals surface area contributed by atoms with Crippen molar-refractivity contribution in [2.75, 3.05) is 0 Å². The first-order chi connectivity index (χ1) is 8.17. The molecule has 0 aliphatic heterocycles. The molecule has 0 saturated heterocycles. The van der Waals surface area contributed by atoms with Gasteiger partial charge in [0.05, 0.1) is 18.0 Å². The Labute approximate surface area is 106 Å². The summed E-state index contributed by atoms with van der Waals surface area (Å²) in [5.41, 5.74) is 3.64. The Morgan fingerprint density at radius 2 is 2.18 bits per heavy atom. The van der Waals surface area contributed by atoms with Crippen molar-refractivity contribution in [1.82, 2.24) is 9.78 Å². The molecule has 2 rings (SSSR count). The van der Waals surface area contributed by atoms with E-state index in [2.05, 4.69) is 5.10 Å². The Hall–Kier alpha value is -1.32. The van der Waals surface area contributed by atoms with Gasteiger partial charge in [0.1, 0.15) is 5.15 Å². The average molecular weight is 251 g/mol. The molecule has 1 aromatic heterocycles. The Morgan fingerprint density at radius 1 is 1.41 bits per heavy atom. The van der Waals surface area contributed by atoms with Crippen LogP contribution in [0.3, 0.4) is 0 Å². The van der Waals surface area contributed by atoms with Crippen LogP contribution in [0.25, 0.3) is 5.69 Å². The van der Waals surface area contributed by atoms with E-state index in [1.54, 1.807) is 4.68 Å². The van der Waals surface area contributed by atoms with Crippen molar-refractivity contribution >= 4 is 11.6 Å². The number of benzene rings is 1. The molecule has 0 aliphatic rings. The van der Waals surface area contributed by atoms with E-state index < -0.39 is 0 Å². The minimum atomic E-state index is -0.0756. The van der Waals surface area contributed by atoms with Crippen LogP contribution in [0.1, 0.15) is 23.7 Å². The molecule has 0 unspecified atom stereocenters. The normalized spacial score (nSPS) is 10.8. The fourth-order valence-corrected chi connectivity index (χ4v) is 2.15. The molecule has 1 N–H and O–H groups in total. The first-order valence-corrected chi connectivity index (χ1v) is 5.99. The molecule has 0 radical (unpaired) electrons. The second kappa shape index (κ2) is 4.90.